The fourth-order valence-corrected chi connectivity index (χ4v) is 2.29. The number of aromatic nitrogens is 2. The maximum atomic E-state index is 12.7. The third-order valence-electron chi connectivity index (χ3n) is 2.50. The van der Waals surface area contributed by atoms with Crippen LogP contribution in [0.2, 0.25) is 5.02 Å². The summed E-state index contributed by atoms with van der Waals surface area (Å²) in [5.74, 6) is 0. The quantitative estimate of drug-likeness (QED) is 0.744. The second kappa shape index (κ2) is 5.54. The number of nitrogens with zero attached hydrogens (tertiary/aromatic N) is 2. The summed E-state index contributed by atoms with van der Waals surface area (Å²) >= 11 is 9.22. The molecule has 0 bridgehead atoms. The molecule has 0 N–H and O–H groups in total. The number of aryl methyl sites for hydroxylation is 1. The minimum Gasteiger partial charge on any atom is -0.236 e. The van der Waals surface area contributed by atoms with Crippen LogP contribution in [0.5, 0.6) is 0 Å². The van der Waals surface area contributed by atoms with Crippen molar-refractivity contribution in [3.8, 4) is 5.69 Å². The zero-order valence-corrected chi connectivity index (χ0v) is 11.9. The van der Waals surface area contributed by atoms with Crippen molar-refractivity contribution in [1.82, 2.24) is 9.78 Å². The van der Waals surface area contributed by atoms with Crippen molar-refractivity contribution in [1.29, 1.82) is 0 Å². The summed E-state index contributed by atoms with van der Waals surface area (Å²) in [7, 11) is 0. The van der Waals surface area contributed by atoms with Crippen LogP contribution in [0.15, 0.2) is 30.3 Å². The molecule has 0 saturated heterocycles. The number of benzene rings is 1. The van der Waals surface area contributed by atoms with E-state index >= 15 is 0 Å². The Bertz CT molecular complexity index is 581. The summed E-state index contributed by atoms with van der Waals surface area (Å²) in [5.41, 5.74) is -0.0173. The van der Waals surface area contributed by atoms with Gasteiger partial charge in [0, 0.05) is 11.0 Å². The van der Waals surface area contributed by atoms with Gasteiger partial charge < -0.3 is 0 Å². The highest BCUT2D eigenvalue weighted by molar-refractivity contribution is 9.09. The molecule has 0 fully saturated rings. The van der Waals surface area contributed by atoms with E-state index in [0.29, 0.717) is 28.2 Å². The first-order valence-corrected chi connectivity index (χ1v) is 6.90. The fraction of sp³-hybridized carbons (Fsp3) is 0.250. The third kappa shape index (κ3) is 3.12. The Kier molecular flexibility index (Phi) is 4.20. The van der Waals surface area contributed by atoms with Crippen LogP contribution in [-0.4, -0.2) is 15.1 Å². The van der Waals surface area contributed by atoms with Crippen molar-refractivity contribution in [3.05, 3.63) is 46.7 Å². The van der Waals surface area contributed by atoms with Gasteiger partial charge in [0.15, 0.2) is 5.69 Å². The van der Waals surface area contributed by atoms with Gasteiger partial charge in [-0.3, -0.25) is 0 Å². The van der Waals surface area contributed by atoms with Crippen molar-refractivity contribution in [2.24, 2.45) is 0 Å². The Morgan fingerprint density at radius 2 is 1.95 bits per heavy atom. The summed E-state index contributed by atoms with van der Waals surface area (Å²) in [4.78, 5) is 0. The molecule has 2 aromatic rings. The van der Waals surface area contributed by atoms with Gasteiger partial charge in [-0.05, 0) is 24.6 Å². The summed E-state index contributed by atoms with van der Waals surface area (Å²) in [5, 5.41) is 4.52. The van der Waals surface area contributed by atoms with Crippen molar-refractivity contribution in [2.75, 3.05) is 5.33 Å². The first-order chi connectivity index (χ1) is 8.93. The van der Waals surface area contributed by atoms with Crippen molar-refractivity contribution in [3.63, 3.8) is 0 Å². The van der Waals surface area contributed by atoms with Crippen LogP contribution in [0.1, 0.15) is 11.4 Å². The van der Waals surface area contributed by atoms with Gasteiger partial charge in [-0.2, -0.15) is 18.3 Å². The van der Waals surface area contributed by atoms with Crippen LogP contribution < -0.4 is 0 Å². The fourth-order valence-electron chi connectivity index (χ4n) is 1.67. The molecule has 1 aromatic heterocycles. The third-order valence-corrected chi connectivity index (χ3v) is 3.22. The topological polar surface area (TPSA) is 17.8 Å². The van der Waals surface area contributed by atoms with Gasteiger partial charge in [0.2, 0.25) is 0 Å². The molecule has 0 aliphatic heterocycles. The Hall–Kier alpha value is -1.01. The van der Waals surface area contributed by atoms with E-state index in [2.05, 4.69) is 21.0 Å². The van der Waals surface area contributed by atoms with Crippen LogP contribution >= 0.6 is 27.5 Å². The molecule has 2 nitrogen and oxygen atoms in total. The molecule has 0 saturated carbocycles. The highest BCUT2D eigenvalue weighted by Gasteiger charge is 2.35. The van der Waals surface area contributed by atoms with E-state index in [1.54, 1.807) is 24.3 Å². The normalized spacial score (nSPS) is 11.8. The number of para-hydroxylation sites is 1. The van der Waals surface area contributed by atoms with E-state index in [1.165, 1.54) is 4.68 Å². The Morgan fingerprint density at radius 3 is 2.53 bits per heavy atom. The Balaban J connectivity index is 2.56. The molecule has 0 unspecified atom stereocenters. The minimum absolute atomic E-state index is 0.357. The summed E-state index contributed by atoms with van der Waals surface area (Å²) < 4.78 is 39.4. The second-order valence-electron chi connectivity index (χ2n) is 3.82. The minimum atomic E-state index is -4.46. The molecule has 0 amide bonds. The lowest BCUT2D eigenvalue weighted by Gasteiger charge is -2.08. The van der Waals surface area contributed by atoms with Gasteiger partial charge >= 0.3 is 6.18 Å². The summed E-state index contributed by atoms with van der Waals surface area (Å²) in [6.45, 7) is 0. The van der Waals surface area contributed by atoms with Crippen molar-refractivity contribution in [2.45, 2.75) is 12.6 Å². The zero-order valence-electron chi connectivity index (χ0n) is 9.59. The van der Waals surface area contributed by atoms with E-state index in [0.717, 1.165) is 6.07 Å². The summed E-state index contributed by atoms with van der Waals surface area (Å²) in [6, 6.07) is 7.71. The average molecular weight is 354 g/mol. The SMILES string of the molecule is FC(F)(F)c1cc(CCBr)n(-c2ccccc2Cl)n1. The smallest absolute Gasteiger partial charge is 0.236 e. The molecule has 0 aliphatic carbocycles. The standard InChI is InChI=1S/C12H9BrClF3N2/c13-6-5-8-7-11(12(15,16)17)18-19(8)10-4-2-1-3-9(10)14/h1-4,7H,5-6H2. The molecule has 7 heteroatoms. The first kappa shape index (κ1) is 14.4. The van der Waals surface area contributed by atoms with E-state index in [4.69, 9.17) is 11.6 Å². The monoisotopic (exact) mass is 352 g/mol. The molecule has 1 aromatic carbocycles. The maximum absolute atomic E-state index is 12.7. The maximum Gasteiger partial charge on any atom is 0.435 e. The lowest BCUT2D eigenvalue weighted by molar-refractivity contribution is -0.141. The van der Waals surface area contributed by atoms with Crippen LogP contribution in [0, 0.1) is 0 Å². The van der Waals surface area contributed by atoms with E-state index in [9.17, 15) is 13.2 Å². The number of alkyl halides is 4. The van der Waals surface area contributed by atoms with E-state index < -0.39 is 11.9 Å². The molecule has 0 aliphatic rings. The lowest BCUT2D eigenvalue weighted by atomic mass is 10.2. The predicted molar refractivity (Wildman–Crippen MR) is 71.1 cm³/mol. The molecule has 19 heavy (non-hydrogen) atoms. The van der Waals surface area contributed by atoms with E-state index in [1.807, 2.05) is 0 Å². The number of hydrogen-bond donors (Lipinski definition) is 0. The number of rotatable bonds is 3. The van der Waals surface area contributed by atoms with Crippen LogP contribution in [0.4, 0.5) is 13.2 Å². The highest BCUT2D eigenvalue weighted by atomic mass is 79.9. The largest absolute Gasteiger partial charge is 0.435 e. The van der Waals surface area contributed by atoms with Crippen molar-refractivity contribution >= 4 is 27.5 Å². The molecule has 0 spiro atoms. The van der Waals surface area contributed by atoms with Gasteiger partial charge in [-0.25, -0.2) is 4.68 Å². The average Bonchev–Trinajstić information content (AvgIpc) is 2.74. The van der Waals surface area contributed by atoms with Gasteiger partial charge in [-0.1, -0.05) is 39.7 Å². The van der Waals surface area contributed by atoms with Gasteiger partial charge in [0.25, 0.3) is 0 Å². The highest BCUT2D eigenvalue weighted by Crippen LogP contribution is 2.31. The van der Waals surface area contributed by atoms with Crippen LogP contribution in [0.3, 0.4) is 0 Å². The van der Waals surface area contributed by atoms with Gasteiger partial charge in [0.05, 0.1) is 10.7 Å². The molecule has 0 radical (unpaired) electrons. The second-order valence-corrected chi connectivity index (χ2v) is 5.02. The number of hydrogen-bond acceptors (Lipinski definition) is 1. The predicted octanol–water partition coefficient (Wildman–Crippen LogP) is 4.48. The molecule has 102 valence electrons. The Morgan fingerprint density at radius 1 is 1.26 bits per heavy atom. The molecular weight excluding hydrogens is 344 g/mol. The van der Waals surface area contributed by atoms with Crippen molar-refractivity contribution < 1.29 is 13.2 Å². The number of halogens is 5. The van der Waals surface area contributed by atoms with Gasteiger partial charge in [0.1, 0.15) is 0 Å². The van der Waals surface area contributed by atoms with Gasteiger partial charge in [-0.15, -0.1) is 0 Å². The molecular formula is C12H9BrClF3N2. The van der Waals surface area contributed by atoms with Crippen LogP contribution in [0.25, 0.3) is 5.69 Å². The zero-order chi connectivity index (χ0) is 14.0. The molecule has 2 rings (SSSR count). The Labute approximate surface area is 121 Å². The molecule has 0 atom stereocenters. The van der Waals surface area contributed by atoms with Crippen LogP contribution in [-0.2, 0) is 12.6 Å². The first-order valence-electron chi connectivity index (χ1n) is 5.40. The lowest BCUT2D eigenvalue weighted by Crippen LogP contribution is -2.08. The van der Waals surface area contributed by atoms with E-state index in [-0.39, 0.29) is 0 Å². The molecule has 1 heterocycles. The summed E-state index contributed by atoms with van der Waals surface area (Å²) in [6.07, 6.45) is -4.04.